The third-order valence-corrected chi connectivity index (χ3v) is 6.12. The molecule has 0 bridgehead atoms. The molecule has 1 aliphatic rings. The van der Waals surface area contributed by atoms with Crippen LogP contribution in [0.3, 0.4) is 0 Å². The van der Waals surface area contributed by atoms with Crippen LogP contribution in [0.1, 0.15) is 36.9 Å². The summed E-state index contributed by atoms with van der Waals surface area (Å²) in [5.74, 6) is 2.14. The number of carbonyl (C=O) groups excluding carboxylic acids is 1. The van der Waals surface area contributed by atoms with E-state index in [1.165, 1.54) is 12.4 Å². The Labute approximate surface area is 194 Å². The molecule has 2 atom stereocenters. The van der Waals surface area contributed by atoms with Crippen molar-refractivity contribution in [3.8, 4) is 11.5 Å². The Morgan fingerprint density at radius 3 is 2.70 bits per heavy atom. The first-order valence-electron chi connectivity index (χ1n) is 11.1. The quantitative estimate of drug-likeness (QED) is 0.504. The second kappa shape index (κ2) is 9.83. The van der Waals surface area contributed by atoms with Gasteiger partial charge in [-0.05, 0) is 55.7 Å². The molecule has 33 heavy (non-hydrogen) atoms. The number of rotatable bonds is 8. The van der Waals surface area contributed by atoms with E-state index in [-0.39, 0.29) is 11.4 Å². The lowest BCUT2D eigenvalue weighted by Crippen LogP contribution is -2.49. The molecular weight excluding hydrogens is 414 g/mol. The van der Waals surface area contributed by atoms with E-state index >= 15 is 0 Å². The third kappa shape index (κ3) is 5.04. The van der Waals surface area contributed by atoms with Crippen LogP contribution in [-0.4, -0.2) is 39.4 Å². The molecule has 2 aromatic carbocycles. The van der Waals surface area contributed by atoms with Gasteiger partial charge >= 0.3 is 0 Å². The van der Waals surface area contributed by atoms with E-state index < -0.39 is 6.04 Å². The minimum atomic E-state index is -0.415. The Balaban J connectivity index is 1.47. The molecule has 0 spiro atoms. The minimum absolute atomic E-state index is 0.0470. The summed E-state index contributed by atoms with van der Waals surface area (Å²) >= 11 is 0. The molecule has 3 aromatic rings. The molecule has 7 nitrogen and oxygen atoms in total. The summed E-state index contributed by atoms with van der Waals surface area (Å²) in [4.78, 5) is 22.8. The van der Waals surface area contributed by atoms with Crippen molar-refractivity contribution in [2.45, 2.75) is 31.3 Å². The van der Waals surface area contributed by atoms with Gasteiger partial charge in [0, 0.05) is 24.8 Å². The molecule has 170 valence electrons. The summed E-state index contributed by atoms with van der Waals surface area (Å²) in [6.45, 7) is 7.01. The number of nitrogens with two attached hydrogens (primary N) is 1. The van der Waals surface area contributed by atoms with E-state index in [1.54, 1.807) is 6.20 Å². The molecule has 2 unspecified atom stereocenters. The number of anilines is 1. The van der Waals surface area contributed by atoms with E-state index in [0.29, 0.717) is 12.4 Å². The summed E-state index contributed by atoms with van der Waals surface area (Å²) in [5.41, 5.74) is 7.99. The van der Waals surface area contributed by atoms with Gasteiger partial charge in [0.15, 0.2) is 0 Å². The van der Waals surface area contributed by atoms with Gasteiger partial charge in [0.2, 0.25) is 5.91 Å². The number of likely N-dealkylation sites (tertiary alicyclic amines) is 1. The number of hydrogen-bond acceptors (Lipinski definition) is 6. The lowest BCUT2D eigenvalue weighted by Gasteiger charge is -2.35. The largest absolute Gasteiger partial charge is 0.457 e. The maximum atomic E-state index is 12.3. The van der Waals surface area contributed by atoms with Gasteiger partial charge in [-0.1, -0.05) is 36.9 Å². The highest BCUT2D eigenvalue weighted by molar-refractivity contribution is 5.88. The van der Waals surface area contributed by atoms with Gasteiger partial charge in [-0.25, -0.2) is 9.97 Å². The molecule has 1 amide bonds. The van der Waals surface area contributed by atoms with E-state index in [4.69, 9.17) is 10.5 Å². The van der Waals surface area contributed by atoms with Crippen molar-refractivity contribution in [1.29, 1.82) is 0 Å². The van der Waals surface area contributed by atoms with Crippen LogP contribution in [0.2, 0.25) is 0 Å². The zero-order valence-electron chi connectivity index (χ0n) is 18.8. The topological polar surface area (TPSA) is 93.4 Å². The Kier molecular flexibility index (Phi) is 6.70. The van der Waals surface area contributed by atoms with Crippen LogP contribution >= 0.6 is 0 Å². The number of ether oxygens (including phenoxy) is 1. The lowest BCUT2D eigenvalue weighted by molar-refractivity contribution is -0.129. The van der Waals surface area contributed by atoms with E-state index in [1.807, 2.05) is 59.5 Å². The summed E-state index contributed by atoms with van der Waals surface area (Å²) < 4.78 is 5.87. The number of nitrogens with zero attached hydrogens (tertiary/aromatic N) is 3. The Morgan fingerprint density at radius 1 is 1.24 bits per heavy atom. The average molecular weight is 444 g/mol. The smallest absolute Gasteiger partial charge is 0.246 e. The first kappa shape index (κ1) is 22.5. The van der Waals surface area contributed by atoms with Gasteiger partial charge in [0.25, 0.3) is 0 Å². The molecule has 4 rings (SSSR count). The van der Waals surface area contributed by atoms with Crippen LogP contribution in [0.5, 0.6) is 11.5 Å². The third-order valence-electron chi connectivity index (χ3n) is 6.12. The highest BCUT2D eigenvalue weighted by atomic mass is 16.5. The SMILES string of the molecule is C=CC(=O)N1CCCC1(C)CNc1ncncc1C(N)c1ccc(Oc2ccccc2)cc1. The number of aromatic nitrogens is 2. The van der Waals surface area contributed by atoms with Crippen LogP contribution in [0.4, 0.5) is 5.82 Å². The van der Waals surface area contributed by atoms with Gasteiger partial charge in [0.1, 0.15) is 23.6 Å². The molecule has 1 fully saturated rings. The van der Waals surface area contributed by atoms with Gasteiger partial charge in [-0.15, -0.1) is 0 Å². The predicted octanol–water partition coefficient (Wildman–Crippen LogP) is 4.30. The normalized spacial score (nSPS) is 18.5. The van der Waals surface area contributed by atoms with Gasteiger partial charge in [-0.3, -0.25) is 4.79 Å². The van der Waals surface area contributed by atoms with Crippen molar-refractivity contribution in [2.24, 2.45) is 5.73 Å². The standard InChI is InChI=1S/C26H29N5O2/c1-3-23(32)31-15-7-14-26(31,2)17-29-25-22(16-28-18-30-25)24(27)19-10-12-21(13-11-19)33-20-8-5-4-6-9-20/h3-6,8-13,16,18,24H,1,7,14-15,17,27H2,2H3,(H,28,29,30). The van der Waals surface area contributed by atoms with Crippen LogP contribution < -0.4 is 15.8 Å². The number of amides is 1. The van der Waals surface area contributed by atoms with Gasteiger partial charge < -0.3 is 20.7 Å². The molecule has 1 aromatic heterocycles. The minimum Gasteiger partial charge on any atom is -0.457 e. The summed E-state index contributed by atoms with van der Waals surface area (Å²) in [5, 5.41) is 3.42. The predicted molar refractivity (Wildman–Crippen MR) is 129 cm³/mol. The number of hydrogen-bond donors (Lipinski definition) is 2. The fourth-order valence-electron chi connectivity index (χ4n) is 4.23. The van der Waals surface area contributed by atoms with E-state index in [2.05, 4.69) is 28.8 Å². The van der Waals surface area contributed by atoms with E-state index in [0.717, 1.165) is 42.0 Å². The van der Waals surface area contributed by atoms with Crippen LogP contribution in [0.15, 0.2) is 79.8 Å². The second-order valence-electron chi connectivity index (χ2n) is 8.44. The molecule has 3 N–H and O–H groups in total. The fourth-order valence-corrected chi connectivity index (χ4v) is 4.23. The number of carbonyl (C=O) groups is 1. The zero-order valence-corrected chi connectivity index (χ0v) is 18.8. The molecule has 0 radical (unpaired) electrons. The lowest BCUT2D eigenvalue weighted by atomic mass is 9.97. The van der Waals surface area contributed by atoms with Crippen molar-refractivity contribution in [2.75, 3.05) is 18.4 Å². The first-order chi connectivity index (χ1) is 16.0. The Bertz CT molecular complexity index is 1100. The summed E-state index contributed by atoms with van der Waals surface area (Å²) in [7, 11) is 0. The first-order valence-corrected chi connectivity index (χ1v) is 11.1. The van der Waals surface area contributed by atoms with Crippen LogP contribution in [0.25, 0.3) is 0 Å². The Hall–Kier alpha value is -3.71. The van der Waals surface area contributed by atoms with Crippen LogP contribution in [0, 0.1) is 0 Å². The maximum absolute atomic E-state index is 12.3. The van der Waals surface area contributed by atoms with Crippen molar-refractivity contribution >= 4 is 11.7 Å². The van der Waals surface area contributed by atoms with Crippen molar-refractivity contribution in [3.05, 3.63) is 90.9 Å². The van der Waals surface area contributed by atoms with Gasteiger partial charge in [-0.2, -0.15) is 0 Å². The molecule has 0 saturated carbocycles. The molecule has 0 aliphatic carbocycles. The van der Waals surface area contributed by atoms with Crippen molar-refractivity contribution < 1.29 is 9.53 Å². The highest BCUT2D eigenvalue weighted by Gasteiger charge is 2.38. The number of benzene rings is 2. The summed E-state index contributed by atoms with van der Waals surface area (Å²) in [6, 6.07) is 16.9. The van der Waals surface area contributed by atoms with Gasteiger partial charge in [0.05, 0.1) is 11.6 Å². The van der Waals surface area contributed by atoms with E-state index in [9.17, 15) is 4.79 Å². The molecule has 1 aliphatic heterocycles. The molecule has 7 heteroatoms. The Morgan fingerprint density at radius 2 is 1.97 bits per heavy atom. The number of nitrogens with one attached hydrogen (secondary N) is 1. The maximum Gasteiger partial charge on any atom is 0.246 e. The molecular formula is C26H29N5O2. The van der Waals surface area contributed by atoms with Crippen molar-refractivity contribution in [3.63, 3.8) is 0 Å². The monoisotopic (exact) mass is 443 g/mol. The summed E-state index contributed by atoms with van der Waals surface area (Å²) in [6.07, 6.45) is 6.48. The molecule has 2 heterocycles. The van der Waals surface area contributed by atoms with Crippen molar-refractivity contribution in [1.82, 2.24) is 14.9 Å². The molecule has 1 saturated heterocycles. The number of para-hydroxylation sites is 1. The highest BCUT2D eigenvalue weighted by Crippen LogP contribution is 2.31. The zero-order chi connectivity index (χ0) is 23.3. The average Bonchev–Trinajstić information content (AvgIpc) is 3.25. The second-order valence-corrected chi connectivity index (χ2v) is 8.44. The van der Waals surface area contributed by atoms with Crippen LogP contribution in [-0.2, 0) is 4.79 Å². The fraction of sp³-hybridized carbons (Fsp3) is 0.269.